The van der Waals surface area contributed by atoms with E-state index in [1.165, 1.54) is 0 Å². The molecule has 0 atom stereocenters. The predicted molar refractivity (Wildman–Crippen MR) is 43.2 cm³/mol. The lowest BCUT2D eigenvalue weighted by molar-refractivity contribution is 0.623. The molecule has 58 valence electrons. The van der Waals surface area contributed by atoms with Gasteiger partial charge in [0.25, 0.3) is 0 Å². The summed E-state index contributed by atoms with van der Waals surface area (Å²) in [4.78, 5) is 4.00. The summed E-state index contributed by atoms with van der Waals surface area (Å²) in [5.41, 5.74) is 1.42. The Labute approximate surface area is 68.4 Å². The van der Waals surface area contributed by atoms with E-state index >= 15 is 0 Å². The third-order valence-electron chi connectivity index (χ3n) is 1.46. The largest absolute Gasteiger partial charge is 0.423 e. The molecule has 1 aromatic carbocycles. The first-order chi connectivity index (χ1) is 5.90. The number of rotatable bonds is 1. The molecule has 0 aliphatic heterocycles. The number of oxazole rings is 1. The van der Waals surface area contributed by atoms with Crippen LogP contribution in [0.5, 0.6) is 0 Å². The third kappa shape index (κ3) is 0.974. The van der Waals surface area contributed by atoms with Gasteiger partial charge in [-0.25, -0.2) is 5.32 Å². The van der Waals surface area contributed by atoms with Crippen molar-refractivity contribution in [1.82, 2.24) is 4.98 Å². The van der Waals surface area contributed by atoms with E-state index in [1.54, 1.807) is 12.3 Å². The second kappa shape index (κ2) is 2.55. The molecule has 0 amide bonds. The molecule has 4 nitrogen and oxygen atoms in total. The Morgan fingerprint density at radius 1 is 1.42 bits per heavy atom. The fraction of sp³-hybridized carbons (Fsp3) is 0. The van der Waals surface area contributed by atoms with Crippen LogP contribution in [0.1, 0.15) is 0 Å². The highest BCUT2D eigenvalue weighted by Gasteiger charge is 2.01. The van der Waals surface area contributed by atoms with Crippen LogP contribution in [0, 0.1) is 11.5 Å². The first kappa shape index (κ1) is 6.68. The summed E-state index contributed by atoms with van der Waals surface area (Å²) >= 11 is 0. The van der Waals surface area contributed by atoms with Crippen molar-refractivity contribution < 1.29 is 4.42 Å². The van der Waals surface area contributed by atoms with Crippen LogP contribution < -0.4 is 5.32 Å². The van der Waals surface area contributed by atoms with Crippen LogP contribution in [0.3, 0.4) is 0 Å². The van der Waals surface area contributed by atoms with Gasteiger partial charge in [-0.05, 0) is 12.1 Å². The molecule has 4 heteroatoms. The van der Waals surface area contributed by atoms with Gasteiger partial charge in [0.1, 0.15) is 5.52 Å². The Balaban J connectivity index is 2.56. The van der Waals surface area contributed by atoms with Crippen LogP contribution in [0.4, 0.5) is 6.01 Å². The van der Waals surface area contributed by atoms with Gasteiger partial charge < -0.3 is 4.42 Å². The zero-order valence-corrected chi connectivity index (χ0v) is 6.11. The molecule has 0 aliphatic rings. The predicted octanol–water partition coefficient (Wildman–Crippen LogP) is 1.72. The zero-order chi connectivity index (χ0) is 8.39. The van der Waals surface area contributed by atoms with Gasteiger partial charge in [-0.1, -0.05) is 12.1 Å². The molecule has 1 N–H and O–H groups in total. The molecule has 0 radical (unpaired) electrons. The minimum atomic E-state index is 0.235. The number of hydrogen-bond acceptors (Lipinski definition) is 4. The van der Waals surface area contributed by atoms with E-state index in [4.69, 9.17) is 9.68 Å². The number of aromatic nitrogens is 1. The summed E-state index contributed by atoms with van der Waals surface area (Å²) < 4.78 is 5.16. The van der Waals surface area contributed by atoms with E-state index in [0.29, 0.717) is 5.58 Å². The van der Waals surface area contributed by atoms with Crippen LogP contribution in [0.2, 0.25) is 0 Å². The molecule has 0 aliphatic carbocycles. The highest BCUT2D eigenvalue weighted by Crippen LogP contribution is 2.17. The van der Waals surface area contributed by atoms with Crippen LogP contribution in [-0.4, -0.2) is 4.98 Å². The van der Waals surface area contributed by atoms with E-state index in [-0.39, 0.29) is 6.01 Å². The van der Waals surface area contributed by atoms with Gasteiger partial charge in [0.15, 0.2) is 11.8 Å². The van der Waals surface area contributed by atoms with Crippen LogP contribution in [0.15, 0.2) is 28.7 Å². The molecule has 0 saturated heterocycles. The second-order valence-corrected chi connectivity index (χ2v) is 2.22. The number of hydrogen-bond donors (Lipinski definition) is 1. The van der Waals surface area contributed by atoms with E-state index in [2.05, 4.69) is 10.3 Å². The molecule has 1 heterocycles. The normalized spacial score (nSPS) is 9.58. The molecular formula is C8H5N3O. The quantitative estimate of drug-likeness (QED) is 0.508. The number of anilines is 1. The minimum Gasteiger partial charge on any atom is -0.423 e. The van der Waals surface area contributed by atoms with Crippen molar-refractivity contribution in [3.63, 3.8) is 0 Å². The fourth-order valence-electron chi connectivity index (χ4n) is 0.973. The highest BCUT2D eigenvalue weighted by molar-refractivity contribution is 5.74. The van der Waals surface area contributed by atoms with Crippen molar-refractivity contribution in [3.8, 4) is 6.19 Å². The van der Waals surface area contributed by atoms with E-state index in [0.717, 1.165) is 5.52 Å². The van der Waals surface area contributed by atoms with Gasteiger partial charge in [0, 0.05) is 0 Å². The molecule has 2 rings (SSSR count). The van der Waals surface area contributed by atoms with Gasteiger partial charge >= 0.3 is 6.01 Å². The third-order valence-corrected chi connectivity index (χ3v) is 1.46. The molecule has 0 fully saturated rings. The summed E-state index contributed by atoms with van der Waals surface area (Å²) in [7, 11) is 0. The lowest BCUT2D eigenvalue weighted by atomic mass is 10.3. The van der Waals surface area contributed by atoms with Gasteiger partial charge in [0.2, 0.25) is 0 Å². The van der Waals surface area contributed by atoms with Crippen molar-refractivity contribution in [2.45, 2.75) is 0 Å². The van der Waals surface area contributed by atoms with E-state index in [1.807, 2.05) is 18.2 Å². The Bertz CT molecular complexity index is 408. The number of nitrogens with one attached hydrogen (secondary N) is 1. The molecule has 0 bridgehead atoms. The Hall–Kier alpha value is -2.02. The second-order valence-electron chi connectivity index (χ2n) is 2.22. The fourth-order valence-corrected chi connectivity index (χ4v) is 0.973. The van der Waals surface area contributed by atoms with Crippen LogP contribution >= 0.6 is 0 Å². The maximum Gasteiger partial charge on any atom is 0.309 e. The van der Waals surface area contributed by atoms with Crippen molar-refractivity contribution in [3.05, 3.63) is 24.3 Å². The Kier molecular flexibility index (Phi) is 1.42. The average molecular weight is 159 g/mol. The van der Waals surface area contributed by atoms with Gasteiger partial charge in [0.05, 0.1) is 0 Å². The van der Waals surface area contributed by atoms with Gasteiger partial charge in [-0.3, -0.25) is 0 Å². The van der Waals surface area contributed by atoms with Gasteiger partial charge in [-0.15, -0.1) is 0 Å². The standard InChI is InChI=1S/C8H5N3O/c9-5-10-8-11-6-3-1-2-4-7(6)12-8/h1-4H,(H,10,11). The van der Waals surface area contributed by atoms with Crippen molar-refractivity contribution in [1.29, 1.82) is 5.26 Å². The first-order valence-corrected chi connectivity index (χ1v) is 3.41. The lowest BCUT2D eigenvalue weighted by Crippen LogP contribution is -1.84. The number of fused-ring (bicyclic) bond motifs is 1. The van der Waals surface area contributed by atoms with Crippen molar-refractivity contribution in [2.24, 2.45) is 0 Å². The highest BCUT2D eigenvalue weighted by atomic mass is 16.4. The van der Waals surface area contributed by atoms with E-state index < -0.39 is 0 Å². The average Bonchev–Trinajstić information content (AvgIpc) is 2.47. The topological polar surface area (TPSA) is 61.9 Å². The SMILES string of the molecule is N#CNc1nc2ccccc2o1. The molecular weight excluding hydrogens is 154 g/mol. The Morgan fingerprint density at radius 3 is 3.00 bits per heavy atom. The summed E-state index contributed by atoms with van der Waals surface area (Å²) in [6.07, 6.45) is 1.74. The summed E-state index contributed by atoms with van der Waals surface area (Å²) in [5.74, 6) is 0. The maximum absolute atomic E-state index is 8.28. The minimum absolute atomic E-state index is 0.235. The lowest BCUT2D eigenvalue weighted by Gasteiger charge is -1.81. The summed E-state index contributed by atoms with van der Waals surface area (Å²) in [6, 6.07) is 7.57. The van der Waals surface area contributed by atoms with Gasteiger partial charge in [-0.2, -0.15) is 10.2 Å². The number of nitrogens with zero attached hydrogens (tertiary/aromatic N) is 2. The molecule has 2 aromatic rings. The number of benzene rings is 1. The molecule has 12 heavy (non-hydrogen) atoms. The number of para-hydroxylation sites is 2. The first-order valence-electron chi connectivity index (χ1n) is 3.41. The molecule has 0 saturated carbocycles. The Morgan fingerprint density at radius 2 is 2.25 bits per heavy atom. The molecule has 0 spiro atoms. The summed E-state index contributed by atoms with van der Waals surface area (Å²) in [5, 5.41) is 10.6. The van der Waals surface area contributed by atoms with Crippen LogP contribution in [-0.2, 0) is 0 Å². The van der Waals surface area contributed by atoms with E-state index in [9.17, 15) is 0 Å². The zero-order valence-electron chi connectivity index (χ0n) is 6.11. The van der Waals surface area contributed by atoms with Crippen molar-refractivity contribution >= 4 is 17.1 Å². The molecule has 1 aromatic heterocycles. The van der Waals surface area contributed by atoms with Crippen LogP contribution in [0.25, 0.3) is 11.1 Å². The summed E-state index contributed by atoms with van der Waals surface area (Å²) in [6.45, 7) is 0. The number of nitriles is 1. The maximum atomic E-state index is 8.28. The molecule has 0 unspecified atom stereocenters. The monoisotopic (exact) mass is 159 g/mol. The van der Waals surface area contributed by atoms with Crippen molar-refractivity contribution in [2.75, 3.05) is 5.32 Å². The smallest absolute Gasteiger partial charge is 0.309 e.